The summed E-state index contributed by atoms with van der Waals surface area (Å²) in [6.45, 7) is 5.57. The lowest BCUT2D eigenvalue weighted by molar-refractivity contribution is 0.103. The van der Waals surface area contributed by atoms with Crippen molar-refractivity contribution in [1.82, 2.24) is 9.97 Å². The maximum absolute atomic E-state index is 13.4. The largest absolute Gasteiger partial charge is 0.493 e. The highest BCUT2D eigenvalue weighted by Crippen LogP contribution is 2.39. The number of ketones is 1. The second kappa shape index (κ2) is 8.43. The molecular formula is C20H23N3O4S. The van der Waals surface area contributed by atoms with Crippen LogP contribution in [-0.4, -0.2) is 50.2 Å². The van der Waals surface area contributed by atoms with E-state index in [9.17, 15) is 4.79 Å². The molecule has 0 spiro atoms. The van der Waals surface area contributed by atoms with Crippen molar-refractivity contribution < 1.29 is 19.0 Å². The first kappa shape index (κ1) is 19.9. The van der Waals surface area contributed by atoms with E-state index < -0.39 is 0 Å². The number of ether oxygens (including phenoxy) is 3. The molecule has 0 unspecified atom stereocenters. The Kier molecular flexibility index (Phi) is 5.99. The molecule has 0 fully saturated rings. The molecule has 3 aromatic rings. The van der Waals surface area contributed by atoms with E-state index in [1.807, 2.05) is 30.2 Å². The van der Waals surface area contributed by atoms with Crippen molar-refractivity contribution in [3.8, 4) is 17.2 Å². The Morgan fingerprint density at radius 1 is 1.04 bits per heavy atom. The summed E-state index contributed by atoms with van der Waals surface area (Å²) >= 11 is 1.45. The molecule has 7 nitrogen and oxygen atoms in total. The number of methoxy groups -OCH3 is 3. The first-order chi connectivity index (χ1) is 13.6. The number of aromatic nitrogens is 2. The maximum Gasteiger partial charge on any atom is 0.226 e. The van der Waals surface area contributed by atoms with Gasteiger partial charge in [-0.1, -0.05) is 0 Å². The Hall–Kier alpha value is -2.87. The van der Waals surface area contributed by atoms with Gasteiger partial charge in [-0.05, 0) is 37.4 Å². The minimum Gasteiger partial charge on any atom is -0.493 e. The van der Waals surface area contributed by atoms with Crippen LogP contribution in [0.15, 0.2) is 23.6 Å². The normalized spacial score (nSPS) is 10.8. The van der Waals surface area contributed by atoms with Gasteiger partial charge in [0, 0.05) is 18.7 Å². The summed E-state index contributed by atoms with van der Waals surface area (Å²) in [4.78, 5) is 24.6. The minimum atomic E-state index is -0.220. The van der Waals surface area contributed by atoms with E-state index in [-0.39, 0.29) is 5.78 Å². The van der Waals surface area contributed by atoms with Gasteiger partial charge in [0.15, 0.2) is 11.5 Å². The molecule has 0 radical (unpaired) electrons. The lowest BCUT2D eigenvalue weighted by Crippen LogP contribution is -2.25. The van der Waals surface area contributed by atoms with Gasteiger partial charge in [0.1, 0.15) is 5.69 Å². The van der Waals surface area contributed by atoms with Crippen LogP contribution < -0.4 is 19.1 Å². The highest BCUT2D eigenvalue weighted by molar-refractivity contribution is 7.17. The van der Waals surface area contributed by atoms with Crippen molar-refractivity contribution in [2.45, 2.75) is 13.8 Å². The van der Waals surface area contributed by atoms with Gasteiger partial charge in [-0.3, -0.25) is 4.79 Å². The number of hydrogen-bond donors (Lipinski definition) is 0. The molecule has 1 aromatic carbocycles. The van der Waals surface area contributed by atoms with Crippen molar-refractivity contribution in [3.05, 3.63) is 34.8 Å². The van der Waals surface area contributed by atoms with E-state index in [1.165, 1.54) is 32.7 Å². The van der Waals surface area contributed by atoms with Gasteiger partial charge >= 0.3 is 0 Å². The number of benzene rings is 1. The third-order valence-electron chi connectivity index (χ3n) is 4.48. The first-order valence-corrected chi connectivity index (χ1v) is 9.80. The van der Waals surface area contributed by atoms with Crippen molar-refractivity contribution in [2.75, 3.05) is 39.3 Å². The molecule has 2 aromatic heterocycles. The summed E-state index contributed by atoms with van der Waals surface area (Å²) in [5, 5.41) is 1.91. The molecule has 0 aliphatic heterocycles. The molecule has 0 N–H and O–H groups in total. The molecular weight excluding hydrogens is 378 g/mol. The molecule has 0 atom stereocenters. The second-order valence-electron chi connectivity index (χ2n) is 5.92. The predicted octanol–water partition coefficient (Wildman–Crippen LogP) is 3.79. The Balaban J connectivity index is 2.17. The summed E-state index contributed by atoms with van der Waals surface area (Å²) in [7, 11) is 4.57. The average molecular weight is 401 g/mol. The number of carbonyl (C=O) groups excluding carboxylic acids is 1. The fourth-order valence-corrected chi connectivity index (χ4v) is 3.82. The molecule has 2 heterocycles. The Labute approximate surface area is 167 Å². The Morgan fingerprint density at radius 2 is 1.68 bits per heavy atom. The molecule has 0 aliphatic carbocycles. The average Bonchev–Trinajstić information content (AvgIpc) is 3.21. The van der Waals surface area contributed by atoms with Gasteiger partial charge in [0.05, 0.1) is 31.5 Å². The van der Waals surface area contributed by atoms with E-state index in [4.69, 9.17) is 14.2 Å². The number of carbonyl (C=O) groups is 1. The topological polar surface area (TPSA) is 73.8 Å². The molecule has 28 heavy (non-hydrogen) atoms. The van der Waals surface area contributed by atoms with Gasteiger partial charge in [-0.15, -0.1) is 11.3 Å². The monoisotopic (exact) mass is 401 g/mol. The van der Waals surface area contributed by atoms with Gasteiger partial charge < -0.3 is 19.1 Å². The number of hydrogen-bond acceptors (Lipinski definition) is 8. The second-order valence-corrected chi connectivity index (χ2v) is 6.84. The van der Waals surface area contributed by atoms with Crippen LogP contribution in [0.2, 0.25) is 0 Å². The third-order valence-corrected chi connectivity index (χ3v) is 5.39. The Bertz CT molecular complexity index is 973. The zero-order valence-corrected chi connectivity index (χ0v) is 17.4. The van der Waals surface area contributed by atoms with Crippen LogP contribution >= 0.6 is 11.3 Å². The van der Waals surface area contributed by atoms with Crippen molar-refractivity contribution in [2.24, 2.45) is 0 Å². The highest BCUT2D eigenvalue weighted by Gasteiger charge is 2.23. The van der Waals surface area contributed by atoms with Crippen LogP contribution in [0.3, 0.4) is 0 Å². The SMILES string of the molecule is CCN(CC)c1nc(C(=O)c2cc(OC)c(OC)c(OC)c2)c2sccc2n1. The molecule has 148 valence electrons. The zero-order valence-electron chi connectivity index (χ0n) is 16.6. The molecule has 0 amide bonds. The molecule has 0 bridgehead atoms. The molecule has 0 aliphatic rings. The summed E-state index contributed by atoms with van der Waals surface area (Å²) in [6.07, 6.45) is 0. The van der Waals surface area contributed by atoms with Gasteiger partial charge in [0.25, 0.3) is 0 Å². The quantitative estimate of drug-likeness (QED) is 0.532. The van der Waals surface area contributed by atoms with Crippen molar-refractivity contribution in [1.29, 1.82) is 0 Å². The number of nitrogens with zero attached hydrogens (tertiary/aromatic N) is 3. The standard InChI is InChI=1S/C20H23N3O4S/c1-6-23(7-2)20-21-13-8-9-28-19(13)16(22-20)17(24)12-10-14(25-3)18(27-5)15(11-12)26-4/h8-11H,6-7H2,1-5H3. The van der Waals surface area contributed by atoms with Crippen LogP contribution in [-0.2, 0) is 0 Å². The van der Waals surface area contributed by atoms with Crippen LogP contribution in [0.4, 0.5) is 5.95 Å². The fourth-order valence-electron chi connectivity index (χ4n) is 3.00. The maximum atomic E-state index is 13.4. The first-order valence-electron chi connectivity index (χ1n) is 8.92. The third kappa shape index (κ3) is 3.47. The molecule has 3 rings (SSSR count). The molecule has 0 saturated carbocycles. The lowest BCUT2D eigenvalue weighted by atomic mass is 10.1. The summed E-state index contributed by atoms with van der Waals surface area (Å²) in [5.74, 6) is 1.61. The van der Waals surface area contributed by atoms with Crippen molar-refractivity contribution >= 4 is 33.3 Å². The van der Waals surface area contributed by atoms with Crippen molar-refractivity contribution in [3.63, 3.8) is 0 Å². The number of rotatable bonds is 8. The minimum absolute atomic E-state index is 0.220. The fraction of sp³-hybridized carbons (Fsp3) is 0.350. The van der Waals surface area contributed by atoms with E-state index in [0.717, 1.165) is 23.3 Å². The van der Waals surface area contributed by atoms with E-state index in [2.05, 4.69) is 9.97 Å². The van der Waals surface area contributed by atoms with Crippen LogP contribution in [0.25, 0.3) is 10.2 Å². The zero-order chi connectivity index (χ0) is 20.3. The van der Waals surface area contributed by atoms with Gasteiger partial charge in [-0.25, -0.2) is 9.97 Å². The molecule has 8 heteroatoms. The predicted molar refractivity (Wildman–Crippen MR) is 111 cm³/mol. The van der Waals surface area contributed by atoms with Crippen LogP contribution in [0.5, 0.6) is 17.2 Å². The van der Waals surface area contributed by atoms with Crippen LogP contribution in [0, 0.1) is 0 Å². The lowest BCUT2D eigenvalue weighted by Gasteiger charge is -2.19. The Morgan fingerprint density at radius 3 is 2.21 bits per heavy atom. The summed E-state index contributed by atoms with van der Waals surface area (Å²) < 4.78 is 16.9. The van der Waals surface area contributed by atoms with E-state index in [1.54, 1.807) is 12.1 Å². The van der Waals surface area contributed by atoms with E-state index >= 15 is 0 Å². The number of thiophene rings is 1. The van der Waals surface area contributed by atoms with Gasteiger partial charge in [0.2, 0.25) is 17.5 Å². The smallest absolute Gasteiger partial charge is 0.226 e. The molecule has 0 saturated heterocycles. The number of fused-ring (bicyclic) bond motifs is 1. The van der Waals surface area contributed by atoms with Gasteiger partial charge in [-0.2, -0.15) is 0 Å². The summed E-state index contributed by atoms with van der Waals surface area (Å²) in [6, 6.07) is 5.19. The number of anilines is 1. The summed E-state index contributed by atoms with van der Waals surface area (Å²) in [5.41, 5.74) is 1.54. The van der Waals surface area contributed by atoms with E-state index in [0.29, 0.717) is 34.5 Å². The highest BCUT2D eigenvalue weighted by atomic mass is 32.1. The van der Waals surface area contributed by atoms with Crippen LogP contribution in [0.1, 0.15) is 29.9 Å².